The van der Waals surface area contributed by atoms with Crippen molar-refractivity contribution in [3.8, 4) is 0 Å². The topological polar surface area (TPSA) is 140 Å². The van der Waals surface area contributed by atoms with Crippen LogP contribution < -0.4 is 0 Å². The van der Waals surface area contributed by atoms with Gasteiger partial charge < -0.3 is 9.84 Å². The highest BCUT2D eigenvalue weighted by Gasteiger charge is 2.45. The van der Waals surface area contributed by atoms with Gasteiger partial charge in [-0.1, -0.05) is 11.8 Å². The van der Waals surface area contributed by atoms with Crippen LogP contribution in [-0.2, 0) is 20.9 Å². The quantitative estimate of drug-likeness (QED) is 0.307. The molecular formula is C18H15N3O7S. The molecule has 2 atom stereocenters. The number of β-lactam (4-membered cyclic amide) rings is 1. The van der Waals surface area contributed by atoms with Crippen LogP contribution in [0.15, 0.2) is 48.8 Å². The first-order chi connectivity index (χ1) is 13.9. The second kappa shape index (κ2) is 8.80. The first-order valence-electron chi connectivity index (χ1n) is 8.37. The molecule has 3 rings (SSSR count). The van der Waals surface area contributed by atoms with Gasteiger partial charge >= 0.3 is 5.97 Å². The molecule has 29 heavy (non-hydrogen) atoms. The molecule has 0 bridgehead atoms. The highest BCUT2D eigenvalue weighted by Crippen LogP contribution is 2.33. The number of pyridine rings is 1. The summed E-state index contributed by atoms with van der Waals surface area (Å²) in [7, 11) is 0. The summed E-state index contributed by atoms with van der Waals surface area (Å²) >= 11 is 0.810. The Bertz CT molecular complexity index is 936. The first-order valence-corrected chi connectivity index (χ1v) is 9.25. The third kappa shape index (κ3) is 4.76. The number of non-ortho nitro benzene ring substituents is 1. The lowest BCUT2D eigenvalue weighted by atomic mass is 10.2. The molecule has 11 heteroatoms. The van der Waals surface area contributed by atoms with Crippen LogP contribution in [0.25, 0.3) is 0 Å². The molecule has 1 fully saturated rings. The van der Waals surface area contributed by atoms with Crippen LogP contribution in [0.5, 0.6) is 0 Å². The summed E-state index contributed by atoms with van der Waals surface area (Å²) in [6.45, 7) is -0.234. The number of carbonyl (C=O) groups is 3. The number of amides is 1. The van der Waals surface area contributed by atoms with E-state index in [9.17, 15) is 29.6 Å². The fourth-order valence-corrected chi connectivity index (χ4v) is 3.60. The summed E-state index contributed by atoms with van der Waals surface area (Å²) in [4.78, 5) is 51.0. The number of benzene rings is 1. The number of aliphatic hydroxyl groups is 1. The van der Waals surface area contributed by atoms with Crippen LogP contribution in [0, 0.1) is 10.1 Å². The van der Waals surface area contributed by atoms with Gasteiger partial charge in [0.2, 0.25) is 17.3 Å². The van der Waals surface area contributed by atoms with Gasteiger partial charge in [-0.3, -0.25) is 29.6 Å². The summed E-state index contributed by atoms with van der Waals surface area (Å²) in [6.07, 6.45) is 1.05. The Morgan fingerprint density at radius 3 is 2.66 bits per heavy atom. The fraction of sp³-hybridized carbons (Fsp3) is 0.222. The molecule has 2 heterocycles. The minimum Gasteiger partial charge on any atom is -0.457 e. The van der Waals surface area contributed by atoms with Gasteiger partial charge in [0, 0.05) is 30.1 Å². The van der Waals surface area contributed by atoms with Crippen LogP contribution >= 0.6 is 11.8 Å². The van der Waals surface area contributed by atoms with Crippen molar-refractivity contribution in [2.75, 3.05) is 0 Å². The molecule has 2 unspecified atom stereocenters. The minimum atomic E-state index is -1.85. The van der Waals surface area contributed by atoms with Crippen molar-refractivity contribution < 1.29 is 29.2 Å². The van der Waals surface area contributed by atoms with Crippen molar-refractivity contribution in [3.05, 3.63) is 70.0 Å². The number of aliphatic hydroxyl groups excluding tert-OH is 1. The largest absolute Gasteiger partial charge is 0.457 e. The number of hydrogen-bond donors (Lipinski definition) is 1. The number of hydrogen-bond acceptors (Lipinski definition) is 9. The molecule has 150 valence electrons. The van der Waals surface area contributed by atoms with Gasteiger partial charge in [0.25, 0.3) is 5.69 Å². The number of carbonyl (C=O) groups excluding carboxylic acids is 3. The number of esters is 1. The van der Waals surface area contributed by atoms with Crippen LogP contribution in [0.1, 0.15) is 22.3 Å². The molecule has 1 saturated heterocycles. The van der Waals surface area contributed by atoms with Crippen LogP contribution in [-0.4, -0.2) is 48.5 Å². The van der Waals surface area contributed by atoms with E-state index in [1.807, 2.05) is 0 Å². The SMILES string of the molecule is O=C(SC1CC(=O)N1C(O)C(=O)OCc1ccc([N+](=O)[O-])cc1)c1cccnc1. The van der Waals surface area contributed by atoms with E-state index in [1.54, 1.807) is 12.1 Å². The number of ether oxygens (including phenoxy) is 1. The Hall–Kier alpha value is -3.31. The monoisotopic (exact) mass is 417 g/mol. The van der Waals surface area contributed by atoms with Crippen molar-refractivity contribution in [2.24, 2.45) is 0 Å². The number of thioether (sulfide) groups is 1. The van der Waals surface area contributed by atoms with Gasteiger partial charge in [-0.15, -0.1) is 0 Å². The molecule has 10 nitrogen and oxygen atoms in total. The summed E-state index contributed by atoms with van der Waals surface area (Å²) < 4.78 is 4.98. The molecule has 1 aliphatic heterocycles. The predicted octanol–water partition coefficient (Wildman–Crippen LogP) is 1.48. The minimum absolute atomic E-state index is 0.00333. The van der Waals surface area contributed by atoms with E-state index in [4.69, 9.17) is 4.74 Å². The molecule has 1 aromatic carbocycles. The van der Waals surface area contributed by atoms with E-state index in [1.165, 1.54) is 36.7 Å². The van der Waals surface area contributed by atoms with Crippen molar-refractivity contribution in [1.29, 1.82) is 0 Å². The molecule has 1 aromatic heterocycles. The van der Waals surface area contributed by atoms with Crippen LogP contribution in [0.2, 0.25) is 0 Å². The fourth-order valence-electron chi connectivity index (χ4n) is 2.53. The smallest absolute Gasteiger partial charge is 0.356 e. The number of nitrogens with zero attached hydrogens (tertiary/aromatic N) is 3. The maximum Gasteiger partial charge on any atom is 0.356 e. The molecule has 0 saturated carbocycles. The number of rotatable bonds is 7. The molecular weight excluding hydrogens is 402 g/mol. The first kappa shape index (κ1) is 20.4. The Kier molecular flexibility index (Phi) is 6.20. The van der Waals surface area contributed by atoms with E-state index < -0.39 is 28.4 Å². The molecule has 0 radical (unpaired) electrons. The molecule has 0 spiro atoms. The zero-order valence-electron chi connectivity index (χ0n) is 14.8. The highest BCUT2D eigenvalue weighted by atomic mass is 32.2. The van der Waals surface area contributed by atoms with Gasteiger partial charge in [-0.25, -0.2) is 4.79 Å². The van der Waals surface area contributed by atoms with Crippen LogP contribution in [0.3, 0.4) is 0 Å². The number of nitro groups is 1. The number of nitro benzene ring substituents is 1. The van der Waals surface area contributed by atoms with Gasteiger partial charge in [-0.2, -0.15) is 0 Å². The Morgan fingerprint density at radius 2 is 2.07 bits per heavy atom. The summed E-state index contributed by atoms with van der Waals surface area (Å²) in [5.74, 6) is -1.54. The molecule has 2 aromatic rings. The number of aromatic nitrogens is 1. The maximum atomic E-state index is 12.2. The van der Waals surface area contributed by atoms with Crippen LogP contribution in [0.4, 0.5) is 5.69 Å². The van der Waals surface area contributed by atoms with E-state index in [-0.39, 0.29) is 23.8 Å². The summed E-state index contributed by atoms with van der Waals surface area (Å²) in [5, 5.41) is 19.8. The molecule has 1 N–H and O–H groups in total. The Balaban J connectivity index is 1.55. The summed E-state index contributed by atoms with van der Waals surface area (Å²) in [6, 6.07) is 8.52. The average Bonchev–Trinajstić information content (AvgIpc) is 2.72. The third-order valence-corrected chi connectivity index (χ3v) is 5.21. The summed E-state index contributed by atoms with van der Waals surface area (Å²) in [5.41, 5.74) is 0.709. The van der Waals surface area contributed by atoms with Gasteiger partial charge in [-0.05, 0) is 29.8 Å². The Morgan fingerprint density at radius 1 is 1.34 bits per heavy atom. The third-order valence-electron chi connectivity index (χ3n) is 4.09. The zero-order valence-corrected chi connectivity index (χ0v) is 15.7. The molecule has 0 aliphatic carbocycles. The van der Waals surface area contributed by atoms with Gasteiger partial charge in [0.15, 0.2) is 0 Å². The van der Waals surface area contributed by atoms with Crippen molar-refractivity contribution in [3.63, 3.8) is 0 Å². The maximum absolute atomic E-state index is 12.2. The predicted molar refractivity (Wildman–Crippen MR) is 100 cm³/mol. The lowest BCUT2D eigenvalue weighted by molar-refractivity contribution is -0.384. The second-order valence-corrected chi connectivity index (χ2v) is 7.16. The Labute approximate surface area is 168 Å². The van der Waals surface area contributed by atoms with E-state index in [0.717, 1.165) is 16.7 Å². The zero-order chi connectivity index (χ0) is 21.0. The lowest BCUT2D eigenvalue weighted by Crippen LogP contribution is -2.59. The molecule has 1 amide bonds. The average molecular weight is 417 g/mol. The highest BCUT2D eigenvalue weighted by molar-refractivity contribution is 8.14. The van der Waals surface area contributed by atoms with E-state index >= 15 is 0 Å². The van der Waals surface area contributed by atoms with E-state index in [0.29, 0.717) is 11.1 Å². The molecule has 1 aliphatic rings. The normalized spacial score (nSPS) is 16.7. The van der Waals surface area contributed by atoms with E-state index in [2.05, 4.69) is 4.98 Å². The van der Waals surface area contributed by atoms with Crippen molar-refractivity contribution in [1.82, 2.24) is 9.88 Å². The number of likely N-dealkylation sites (tertiary alicyclic amines) is 1. The van der Waals surface area contributed by atoms with Gasteiger partial charge in [0.1, 0.15) is 6.61 Å². The standard InChI is InChI=1S/C18H15N3O7S/c22-14-8-15(29-18(25)12-2-1-7-19-9-12)20(14)16(23)17(24)28-10-11-3-5-13(6-4-11)21(26)27/h1-7,9,15-16,23H,8,10H2. The van der Waals surface area contributed by atoms with Crippen molar-refractivity contribution in [2.45, 2.75) is 24.6 Å². The van der Waals surface area contributed by atoms with Gasteiger partial charge in [0.05, 0.1) is 16.7 Å². The lowest BCUT2D eigenvalue weighted by Gasteiger charge is -2.41. The second-order valence-electron chi connectivity index (χ2n) is 6.01. The van der Waals surface area contributed by atoms with Crippen molar-refractivity contribution >= 4 is 34.4 Å².